The molecule has 9 heteroatoms. The van der Waals surface area contributed by atoms with Crippen molar-refractivity contribution >= 4 is 40.3 Å². The molecule has 0 aliphatic heterocycles. The highest BCUT2D eigenvalue weighted by Crippen LogP contribution is 2.29. The van der Waals surface area contributed by atoms with Gasteiger partial charge in [-0.3, -0.25) is 4.79 Å². The fourth-order valence-electron chi connectivity index (χ4n) is 2.72. The maximum absolute atomic E-state index is 12.9. The van der Waals surface area contributed by atoms with Gasteiger partial charge in [0, 0.05) is 11.8 Å². The zero-order valence-electron chi connectivity index (χ0n) is 15.7. The van der Waals surface area contributed by atoms with E-state index in [-0.39, 0.29) is 18.2 Å². The van der Waals surface area contributed by atoms with Crippen LogP contribution in [0.25, 0.3) is 5.57 Å². The van der Waals surface area contributed by atoms with E-state index in [1.54, 1.807) is 22.9 Å². The molecule has 1 aliphatic rings. The first-order chi connectivity index (χ1) is 13.4. The molecule has 0 amide bonds. The summed E-state index contributed by atoms with van der Waals surface area (Å²) >= 11 is 7.24. The third kappa shape index (κ3) is 4.51. The number of Topliss-reactive ketones (excluding diaryl/α,β-unsaturated/α-hetero) is 1. The fraction of sp³-hybridized carbons (Fsp3) is 0.368. The second-order valence-corrected chi connectivity index (χ2v) is 8.17. The second-order valence-electron chi connectivity index (χ2n) is 6.48. The van der Waals surface area contributed by atoms with E-state index in [9.17, 15) is 9.59 Å². The quantitative estimate of drug-likeness (QED) is 0.220. The Morgan fingerprint density at radius 3 is 2.82 bits per heavy atom. The molecule has 2 heterocycles. The SMILES string of the molecule is C=C/C=C(/C)c1[nH]c(OC)c(C(=O)C(=O)OCC2CC2)[n+]1Cc1cnc(Cl)s1. The summed E-state index contributed by atoms with van der Waals surface area (Å²) in [5.74, 6) is -0.487. The molecule has 1 aliphatic carbocycles. The van der Waals surface area contributed by atoms with Gasteiger partial charge in [-0.2, -0.15) is 0 Å². The van der Waals surface area contributed by atoms with Crippen LogP contribution >= 0.6 is 22.9 Å². The molecule has 28 heavy (non-hydrogen) atoms. The molecule has 0 bridgehead atoms. The summed E-state index contributed by atoms with van der Waals surface area (Å²) in [4.78, 5) is 33.2. The van der Waals surface area contributed by atoms with Gasteiger partial charge >= 0.3 is 17.6 Å². The van der Waals surface area contributed by atoms with E-state index in [4.69, 9.17) is 21.1 Å². The average Bonchev–Trinajstić information content (AvgIpc) is 3.31. The number of imidazole rings is 1. The summed E-state index contributed by atoms with van der Waals surface area (Å²) in [6, 6.07) is 0. The molecule has 0 atom stereocenters. The number of ketones is 1. The Morgan fingerprint density at radius 1 is 1.50 bits per heavy atom. The molecule has 0 radical (unpaired) electrons. The monoisotopic (exact) mass is 422 g/mol. The number of carbonyl (C=O) groups excluding carboxylic acids is 2. The average molecular weight is 423 g/mol. The van der Waals surface area contributed by atoms with Gasteiger partial charge in [0.25, 0.3) is 11.5 Å². The van der Waals surface area contributed by atoms with Crippen LogP contribution < -0.4 is 9.30 Å². The topological polar surface area (TPSA) is 85.2 Å². The van der Waals surface area contributed by atoms with E-state index in [1.807, 2.05) is 6.92 Å². The van der Waals surface area contributed by atoms with Crippen molar-refractivity contribution in [1.82, 2.24) is 9.97 Å². The Balaban J connectivity index is 2.01. The summed E-state index contributed by atoms with van der Waals surface area (Å²) in [6.07, 6.45) is 7.12. The van der Waals surface area contributed by atoms with E-state index in [0.717, 1.165) is 23.3 Å². The number of methoxy groups -OCH3 is 1. The molecule has 2 aromatic heterocycles. The smallest absolute Gasteiger partial charge is 0.383 e. The van der Waals surface area contributed by atoms with Crippen LogP contribution in [0, 0.1) is 5.92 Å². The van der Waals surface area contributed by atoms with Crippen LogP contribution in [0.3, 0.4) is 0 Å². The first-order valence-corrected chi connectivity index (χ1v) is 9.95. The third-order valence-corrected chi connectivity index (χ3v) is 5.42. The number of halogens is 1. The van der Waals surface area contributed by atoms with E-state index >= 15 is 0 Å². The Morgan fingerprint density at radius 2 is 2.25 bits per heavy atom. The molecule has 2 aromatic rings. The summed E-state index contributed by atoms with van der Waals surface area (Å²) in [5.41, 5.74) is 0.911. The summed E-state index contributed by atoms with van der Waals surface area (Å²) in [7, 11) is 1.43. The number of carbonyl (C=O) groups is 2. The summed E-state index contributed by atoms with van der Waals surface area (Å²) in [5, 5.41) is 0. The molecule has 1 N–H and O–H groups in total. The fourth-order valence-corrected chi connectivity index (χ4v) is 3.69. The van der Waals surface area contributed by atoms with Gasteiger partial charge < -0.3 is 9.47 Å². The van der Waals surface area contributed by atoms with Gasteiger partial charge in [0.05, 0.1) is 18.6 Å². The largest absolute Gasteiger partial charge is 0.462 e. The van der Waals surface area contributed by atoms with Gasteiger partial charge in [-0.25, -0.2) is 19.3 Å². The zero-order valence-corrected chi connectivity index (χ0v) is 17.2. The number of H-pyrrole nitrogens is 1. The van der Waals surface area contributed by atoms with Crippen LogP contribution in [0.4, 0.5) is 0 Å². The number of nitrogens with one attached hydrogen (secondary N) is 1. The van der Waals surface area contributed by atoms with Crippen molar-refractivity contribution in [3.05, 3.63) is 45.8 Å². The number of allylic oxidation sites excluding steroid dienone is 3. The van der Waals surface area contributed by atoms with Crippen LogP contribution in [0.1, 0.15) is 41.0 Å². The lowest BCUT2D eigenvalue weighted by Crippen LogP contribution is -2.43. The van der Waals surface area contributed by atoms with Crippen LogP contribution in [0.5, 0.6) is 5.88 Å². The second kappa shape index (κ2) is 8.70. The predicted octanol–water partition coefficient (Wildman–Crippen LogP) is 3.19. The van der Waals surface area contributed by atoms with Crippen molar-refractivity contribution in [3.63, 3.8) is 0 Å². The van der Waals surface area contributed by atoms with E-state index in [1.165, 1.54) is 18.4 Å². The Hall–Kier alpha value is -2.45. The number of ether oxygens (including phenoxy) is 2. The van der Waals surface area contributed by atoms with Crippen molar-refractivity contribution in [2.75, 3.05) is 13.7 Å². The van der Waals surface area contributed by atoms with Gasteiger partial charge in [-0.1, -0.05) is 30.3 Å². The highest BCUT2D eigenvalue weighted by Gasteiger charge is 2.37. The molecule has 1 saturated carbocycles. The van der Waals surface area contributed by atoms with Crippen LogP contribution in [-0.2, 0) is 16.1 Å². The van der Waals surface area contributed by atoms with Gasteiger partial charge in [0.1, 0.15) is 6.54 Å². The van der Waals surface area contributed by atoms with Crippen molar-refractivity contribution in [1.29, 1.82) is 0 Å². The lowest BCUT2D eigenvalue weighted by molar-refractivity contribution is -0.690. The molecule has 0 unspecified atom stereocenters. The molecule has 3 rings (SSSR count). The Kier molecular flexibility index (Phi) is 6.31. The third-order valence-electron chi connectivity index (χ3n) is 4.32. The minimum Gasteiger partial charge on any atom is -0.462 e. The molecular formula is C19H21ClN3O4S+. The lowest BCUT2D eigenvalue weighted by atomic mass is 10.2. The molecule has 0 spiro atoms. The van der Waals surface area contributed by atoms with E-state index in [2.05, 4.69) is 16.5 Å². The van der Waals surface area contributed by atoms with Crippen LogP contribution in [0.2, 0.25) is 4.47 Å². The van der Waals surface area contributed by atoms with Crippen molar-refractivity contribution in [3.8, 4) is 5.88 Å². The van der Waals surface area contributed by atoms with Gasteiger partial charge in [-0.05, 0) is 25.7 Å². The lowest BCUT2D eigenvalue weighted by Gasteiger charge is -2.05. The maximum Gasteiger partial charge on any atom is 0.383 e. The summed E-state index contributed by atoms with van der Waals surface area (Å²) in [6.45, 7) is 6.13. The number of thiazole rings is 1. The highest BCUT2D eigenvalue weighted by molar-refractivity contribution is 7.15. The molecule has 148 valence electrons. The number of aromatic nitrogens is 3. The Labute approximate surface area is 171 Å². The normalized spacial score (nSPS) is 14.0. The highest BCUT2D eigenvalue weighted by atomic mass is 35.5. The first-order valence-electron chi connectivity index (χ1n) is 8.75. The van der Waals surface area contributed by atoms with Gasteiger partial charge in [-0.15, -0.1) is 11.3 Å². The summed E-state index contributed by atoms with van der Waals surface area (Å²) < 4.78 is 12.6. The van der Waals surface area contributed by atoms with Crippen LogP contribution in [-0.4, -0.2) is 35.4 Å². The number of aromatic amines is 1. The molecule has 1 fully saturated rings. The van der Waals surface area contributed by atoms with Crippen molar-refractivity contribution in [2.24, 2.45) is 5.92 Å². The van der Waals surface area contributed by atoms with E-state index in [0.29, 0.717) is 22.8 Å². The number of hydrogen-bond acceptors (Lipinski definition) is 6. The first kappa shape index (κ1) is 20.3. The van der Waals surface area contributed by atoms with Gasteiger partial charge in [0.15, 0.2) is 4.47 Å². The standard InChI is InChI=1S/C19H20ClN3O4S/c1-4-5-11(2)16-22-17(26-3)14(15(24)18(25)27-10-12-6-7-12)23(16)9-13-8-21-19(20)28-13/h4-5,8,12H,1,6-7,9-10H2,2-3H3/p+1/b11-5-. The molecular weight excluding hydrogens is 402 g/mol. The number of esters is 1. The van der Waals surface area contributed by atoms with Crippen molar-refractivity contribution < 1.29 is 23.6 Å². The van der Waals surface area contributed by atoms with Gasteiger partial charge in [0.2, 0.25) is 0 Å². The molecule has 0 aromatic carbocycles. The zero-order chi connectivity index (χ0) is 20.3. The Bertz CT molecular complexity index is 943. The molecule has 0 saturated heterocycles. The number of nitrogens with zero attached hydrogens (tertiary/aromatic N) is 2. The minimum absolute atomic E-state index is 0.0969. The molecule has 7 nitrogen and oxygen atoms in total. The predicted molar refractivity (Wildman–Crippen MR) is 106 cm³/mol. The van der Waals surface area contributed by atoms with Crippen LogP contribution in [0.15, 0.2) is 24.9 Å². The van der Waals surface area contributed by atoms with Crippen molar-refractivity contribution in [2.45, 2.75) is 26.3 Å². The minimum atomic E-state index is -0.891. The maximum atomic E-state index is 12.9. The number of hydrogen-bond donors (Lipinski definition) is 1. The number of rotatable bonds is 9. The van der Waals surface area contributed by atoms with E-state index < -0.39 is 11.8 Å².